The lowest BCUT2D eigenvalue weighted by Gasteiger charge is -2.10. The Kier molecular flexibility index (Phi) is 4.94. The molecule has 0 fully saturated rings. The standard InChI is InChI=1S/C13H13BrN4O3/c14-8-1-2-10(9(7-8)12(19)20)18-13(21)17-4-3-11-15-5-6-16-11/h1-2,5-7H,3-4H2,(H,15,16)(H,19,20)(H2,17,18,21). The predicted molar refractivity (Wildman–Crippen MR) is 80.4 cm³/mol. The highest BCUT2D eigenvalue weighted by molar-refractivity contribution is 9.10. The average molecular weight is 353 g/mol. The van der Waals surface area contributed by atoms with Crippen molar-refractivity contribution >= 4 is 33.6 Å². The Morgan fingerprint density at radius 3 is 2.86 bits per heavy atom. The van der Waals surface area contributed by atoms with Gasteiger partial charge in [-0.2, -0.15) is 0 Å². The third-order valence-corrected chi connectivity index (χ3v) is 3.16. The number of aromatic amines is 1. The number of amides is 2. The molecule has 2 aromatic rings. The van der Waals surface area contributed by atoms with Gasteiger partial charge in [0.15, 0.2) is 0 Å². The fourth-order valence-corrected chi connectivity index (χ4v) is 2.06. The summed E-state index contributed by atoms with van der Waals surface area (Å²) in [5.74, 6) is -0.340. The van der Waals surface area contributed by atoms with Gasteiger partial charge in [-0.3, -0.25) is 0 Å². The number of halogens is 1. The van der Waals surface area contributed by atoms with Crippen molar-refractivity contribution in [2.45, 2.75) is 6.42 Å². The number of aromatic carboxylic acids is 1. The summed E-state index contributed by atoms with van der Waals surface area (Å²) in [5.41, 5.74) is 0.256. The molecule has 0 spiro atoms. The van der Waals surface area contributed by atoms with Gasteiger partial charge in [0, 0.05) is 29.8 Å². The first-order valence-electron chi connectivity index (χ1n) is 6.12. The number of aromatic nitrogens is 2. The average Bonchev–Trinajstić information content (AvgIpc) is 2.94. The van der Waals surface area contributed by atoms with Crippen LogP contribution in [0.4, 0.5) is 10.5 Å². The molecule has 2 rings (SSSR count). The number of hydrogen-bond acceptors (Lipinski definition) is 3. The Morgan fingerprint density at radius 1 is 1.38 bits per heavy atom. The molecule has 0 aliphatic rings. The SMILES string of the molecule is O=C(NCCc1ncc[nH]1)Nc1ccc(Br)cc1C(=O)O. The lowest BCUT2D eigenvalue weighted by molar-refractivity contribution is 0.0698. The second-order valence-corrected chi connectivity index (χ2v) is 5.08. The first kappa shape index (κ1) is 15.0. The minimum atomic E-state index is -1.11. The number of nitrogens with zero attached hydrogens (tertiary/aromatic N) is 1. The number of nitrogens with one attached hydrogen (secondary N) is 3. The number of imidazole rings is 1. The van der Waals surface area contributed by atoms with Crippen LogP contribution in [0, 0.1) is 0 Å². The topological polar surface area (TPSA) is 107 Å². The minimum absolute atomic E-state index is 0.0190. The van der Waals surface area contributed by atoms with Crippen molar-refractivity contribution in [1.82, 2.24) is 15.3 Å². The van der Waals surface area contributed by atoms with Crippen molar-refractivity contribution in [3.05, 3.63) is 46.5 Å². The molecule has 0 saturated heterocycles. The van der Waals surface area contributed by atoms with E-state index in [0.29, 0.717) is 17.4 Å². The Bertz CT molecular complexity index is 643. The number of carboxylic acid groups (broad SMARTS) is 1. The molecule has 1 aromatic carbocycles. The lowest BCUT2D eigenvalue weighted by Crippen LogP contribution is -2.31. The van der Waals surface area contributed by atoms with Crippen LogP contribution >= 0.6 is 15.9 Å². The van der Waals surface area contributed by atoms with Crippen LogP contribution in [-0.2, 0) is 6.42 Å². The predicted octanol–water partition coefficient (Wildman–Crippen LogP) is 2.23. The third kappa shape index (κ3) is 4.32. The first-order chi connectivity index (χ1) is 10.1. The van der Waals surface area contributed by atoms with Gasteiger partial charge in [0.25, 0.3) is 0 Å². The van der Waals surface area contributed by atoms with E-state index in [-0.39, 0.29) is 11.3 Å². The van der Waals surface area contributed by atoms with Crippen LogP contribution in [0.1, 0.15) is 16.2 Å². The number of carbonyl (C=O) groups excluding carboxylic acids is 1. The normalized spacial score (nSPS) is 10.1. The van der Waals surface area contributed by atoms with Gasteiger partial charge in [0.1, 0.15) is 5.82 Å². The van der Waals surface area contributed by atoms with E-state index in [2.05, 4.69) is 36.5 Å². The zero-order valence-corrected chi connectivity index (χ0v) is 12.5. The summed E-state index contributed by atoms with van der Waals surface area (Å²) in [7, 11) is 0. The van der Waals surface area contributed by atoms with E-state index in [0.717, 1.165) is 5.82 Å². The number of benzene rings is 1. The summed E-state index contributed by atoms with van der Waals surface area (Å²) in [6, 6.07) is 4.15. The van der Waals surface area contributed by atoms with E-state index in [9.17, 15) is 9.59 Å². The first-order valence-corrected chi connectivity index (χ1v) is 6.91. The molecule has 0 radical (unpaired) electrons. The maximum atomic E-state index is 11.7. The number of H-pyrrole nitrogens is 1. The van der Waals surface area contributed by atoms with Gasteiger partial charge in [-0.05, 0) is 18.2 Å². The van der Waals surface area contributed by atoms with Crippen molar-refractivity contribution in [1.29, 1.82) is 0 Å². The summed E-state index contributed by atoms with van der Waals surface area (Å²) in [6.45, 7) is 0.387. The molecule has 4 N–H and O–H groups in total. The van der Waals surface area contributed by atoms with E-state index >= 15 is 0 Å². The molecular weight excluding hydrogens is 340 g/mol. The van der Waals surface area contributed by atoms with E-state index in [1.54, 1.807) is 18.5 Å². The molecule has 1 heterocycles. The van der Waals surface area contributed by atoms with Gasteiger partial charge >= 0.3 is 12.0 Å². The number of carbonyl (C=O) groups is 2. The fourth-order valence-electron chi connectivity index (χ4n) is 1.70. The van der Waals surface area contributed by atoms with Crippen LogP contribution in [0.25, 0.3) is 0 Å². The van der Waals surface area contributed by atoms with Crippen molar-refractivity contribution < 1.29 is 14.7 Å². The van der Waals surface area contributed by atoms with E-state index < -0.39 is 12.0 Å². The van der Waals surface area contributed by atoms with E-state index in [4.69, 9.17) is 5.11 Å². The lowest BCUT2D eigenvalue weighted by atomic mass is 10.2. The molecule has 7 nitrogen and oxygen atoms in total. The fraction of sp³-hybridized carbons (Fsp3) is 0.154. The number of carboxylic acids is 1. The van der Waals surface area contributed by atoms with Gasteiger partial charge in [-0.25, -0.2) is 14.6 Å². The van der Waals surface area contributed by atoms with Crippen molar-refractivity contribution in [3.63, 3.8) is 0 Å². The quantitative estimate of drug-likeness (QED) is 0.661. The van der Waals surface area contributed by atoms with Crippen LogP contribution in [0.3, 0.4) is 0 Å². The molecule has 0 unspecified atom stereocenters. The molecule has 0 saturated carbocycles. The molecule has 0 aliphatic heterocycles. The maximum Gasteiger partial charge on any atom is 0.337 e. The zero-order chi connectivity index (χ0) is 15.2. The summed E-state index contributed by atoms with van der Waals surface area (Å²) >= 11 is 3.19. The number of urea groups is 1. The van der Waals surface area contributed by atoms with Crippen LogP contribution in [0.15, 0.2) is 35.1 Å². The highest BCUT2D eigenvalue weighted by Crippen LogP contribution is 2.21. The number of hydrogen-bond donors (Lipinski definition) is 4. The van der Waals surface area contributed by atoms with Crippen LogP contribution in [0.5, 0.6) is 0 Å². The van der Waals surface area contributed by atoms with Crippen molar-refractivity contribution in [2.24, 2.45) is 0 Å². The Balaban J connectivity index is 1.92. The van der Waals surface area contributed by atoms with Crippen molar-refractivity contribution in [2.75, 3.05) is 11.9 Å². The Labute approximate surface area is 128 Å². The number of anilines is 1. The van der Waals surface area contributed by atoms with Crippen molar-refractivity contribution in [3.8, 4) is 0 Å². The molecule has 21 heavy (non-hydrogen) atoms. The molecule has 110 valence electrons. The van der Waals surface area contributed by atoms with Gasteiger partial charge < -0.3 is 20.7 Å². The van der Waals surface area contributed by atoms with Gasteiger partial charge in [-0.15, -0.1) is 0 Å². The monoisotopic (exact) mass is 352 g/mol. The summed E-state index contributed by atoms with van der Waals surface area (Å²) in [4.78, 5) is 29.8. The van der Waals surface area contributed by atoms with Gasteiger partial charge in [0.05, 0.1) is 11.3 Å². The molecule has 0 bridgehead atoms. The number of rotatable bonds is 5. The summed E-state index contributed by atoms with van der Waals surface area (Å²) in [6.07, 6.45) is 3.90. The van der Waals surface area contributed by atoms with Crippen LogP contribution in [-0.4, -0.2) is 33.6 Å². The van der Waals surface area contributed by atoms with Gasteiger partial charge in [0.2, 0.25) is 0 Å². The second kappa shape index (κ2) is 6.89. The second-order valence-electron chi connectivity index (χ2n) is 4.16. The summed E-state index contributed by atoms with van der Waals surface area (Å²) < 4.78 is 0.628. The van der Waals surface area contributed by atoms with Gasteiger partial charge in [-0.1, -0.05) is 15.9 Å². The molecule has 0 atom stereocenters. The summed E-state index contributed by atoms with van der Waals surface area (Å²) in [5, 5.41) is 14.3. The smallest absolute Gasteiger partial charge is 0.337 e. The highest BCUT2D eigenvalue weighted by atomic mass is 79.9. The highest BCUT2D eigenvalue weighted by Gasteiger charge is 2.12. The largest absolute Gasteiger partial charge is 0.478 e. The Morgan fingerprint density at radius 2 is 2.19 bits per heavy atom. The minimum Gasteiger partial charge on any atom is -0.478 e. The van der Waals surface area contributed by atoms with E-state index in [1.807, 2.05) is 0 Å². The zero-order valence-electron chi connectivity index (χ0n) is 10.9. The van der Waals surface area contributed by atoms with E-state index in [1.165, 1.54) is 12.1 Å². The molecule has 2 amide bonds. The maximum absolute atomic E-state index is 11.7. The Hall–Kier alpha value is -2.35. The molecule has 1 aromatic heterocycles. The molecule has 0 aliphatic carbocycles. The third-order valence-electron chi connectivity index (χ3n) is 2.66. The van der Waals surface area contributed by atoms with Crippen LogP contribution < -0.4 is 10.6 Å². The molecule has 8 heteroatoms. The molecular formula is C13H13BrN4O3. The van der Waals surface area contributed by atoms with Crippen LogP contribution in [0.2, 0.25) is 0 Å².